The molecule has 0 spiro atoms. The van der Waals surface area contributed by atoms with Crippen LogP contribution in [0.2, 0.25) is 0 Å². The SMILES string of the molecule is CCNc1nc(Sc2ncns2)c2ccsc2n1. The summed E-state index contributed by atoms with van der Waals surface area (Å²) in [5, 5.41) is 7.17. The molecule has 1 N–H and O–H groups in total. The highest BCUT2D eigenvalue weighted by Crippen LogP contribution is 2.34. The lowest BCUT2D eigenvalue weighted by molar-refractivity contribution is 1.05. The molecule has 8 heteroatoms. The van der Waals surface area contributed by atoms with Gasteiger partial charge >= 0.3 is 0 Å². The van der Waals surface area contributed by atoms with Crippen molar-refractivity contribution in [2.75, 3.05) is 11.9 Å². The van der Waals surface area contributed by atoms with E-state index < -0.39 is 0 Å². The Hall–Kier alpha value is -1.25. The van der Waals surface area contributed by atoms with Crippen molar-refractivity contribution in [3.05, 3.63) is 17.8 Å². The molecule has 0 aliphatic carbocycles. The molecule has 0 aliphatic heterocycles. The van der Waals surface area contributed by atoms with Gasteiger partial charge in [0.05, 0.1) is 0 Å². The lowest BCUT2D eigenvalue weighted by Crippen LogP contribution is -2.02. The van der Waals surface area contributed by atoms with Crippen LogP contribution in [-0.4, -0.2) is 25.9 Å². The van der Waals surface area contributed by atoms with Gasteiger partial charge in [-0.05, 0) is 41.7 Å². The lowest BCUT2D eigenvalue weighted by Gasteiger charge is -2.04. The van der Waals surface area contributed by atoms with E-state index in [1.807, 2.05) is 18.4 Å². The number of nitrogens with one attached hydrogen (secondary N) is 1. The van der Waals surface area contributed by atoms with Gasteiger partial charge in [-0.25, -0.2) is 15.0 Å². The van der Waals surface area contributed by atoms with E-state index in [1.165, 1.54) is 23.3 Å². The highest BCUT2D eigenvalue weighted by molar-refractivity contribution is 8.01. The zero-order valence-corrected chi connectivity index (χ0v) is 11.9. The van der Waals surface area contributed by atoms with Gasteiger partial charge in [0, 0.05) is 11.9 Å². The van der Waals surface area contributed by atoms with Crippen molar-refractivity contribution in [3.63, 3.8) is 0 Å². The molecule has 0 radical (unpaired) electrons. The van der Waals surface area contributed by atoms with Crippen molar-refractivity contribution in [1.82, 2.24) is 19.3 Å². The Bertz CT molecular complexity index is 649. The van der Waals surface area contributed by atoms with E-state index in [0.717, 1.165) is 26.1 Å². The maximum Gasteiger partial charge on any atom is 0.225 e. The smallest absolute Gasteiger partial charge is 0.225 e. The summed E-state index contributed by atoms with van der Waals surface area (Å²) in [6.45, 7) is 2.83. The van der Waals surface area contributed by atoms with Crippen LogP contribution < -0.4 is 5.32 Å². The quantitative estimate of drug-likeness (QED) is 0.746. The zero-order valence-electron chi connectivity index (χ0n) is 9.45. The van der Waals surface area contributed by atoms with Gasteiger partial charge in [-0.2, -0.15) is 4.37 Å². The predicted molar refractivity (Wildman–Crippen MR) is 75.6 cm³/mol. The fourth-order valence-corrected chi connectivity index (χ4v) is 3.73. The first kappa shape index (κ1) is 11.8. The summed E-state index contributed by atoms with van der Waals surface area (Å²) in [6, 6.07) is 2.04. The van der Waals surface area contributed by atoms with E-state index in [2.05, 4.69) is 24.6 Å². The Kier molecular flexibility index (Phi) is 3.39. The van der Waals surface area contributed by atoms with Gasteiger partial charge in [0.1, 0.15) is 16.2 Å². The molecule has 0 amide bonds. The number of anilines is 1. The molecule has 0 bridgehead atoms. The molecule has 0 aromatic carbocycles. The third kappa shape index (κ3) is 2.31. The summed E-state index contributed by atoms with van der Waals surface area (Å²) in [4.78, 5) is 14.2. The van der Waals surface area contributed by atoms with Crippen molar-refractivity contribution in [2.24, 2.45) is 0 Å². The van der Waals surface area contributed by atoms with Crippen LogP contribution in [0.5, 0.6) is 0 Å². The largest absolute Gasteiger partial charge is 0.354 e. The maximum absolute atomic E-state index is 4.52. The molecule has 0 aliphatic rings. The molecule has 3 aromatic heterocycles. The van der Waals surface area contributed by atoms with Gasteiger partial charge in [0.25, 0.3) is 0 Å². The number of fused-ring (bicyclic) bond motifs is 1. The molecule has 0 saturated heterocycles. The fraction of sp³-hybridized carbons (Fsp3) is 0.200. The molecular weight excluding hydrogens is 286 g/mol. The van der Waals surface area contributed by atoms with Gasteiger partial charge in [0.15, 0.2) is 4.34 Å². The van der Waals surface area contributed by atoms with E-state index in [9.17, 15) is 0 Å². The van der Waals surface area contributed by atoms with E-state index in [1.54, 1.807) is 17.7 Å². The van der Waals surface area contributed by atoms with Crippen molar-refractivity contribution in [2.45, 2.75) is 16.3 Å². The second kappa shape index (κ2) is 5.17. The van der Waals surface area contributed by atoms with Gasteiger partial charge in [-0.3, -0.25) is 0 Å². The van der Waals surface area contributed by atoms with Gasteiger partial charge in [-0.15, -0.1) is 11.3 Å². The minimum Gasteiger partial charge on any atom is -0.354 e. The highest BCUT2D eigenvalue weighted by atomic mass is 32.2. The molecular formula is C10H9N5S3. The molecule has 3 aromatic rings. The Labute approximate surface area is 116 Å². The second-order valence-electron chi connectivity index (χ2n) is 3.33. The summed E-state index contributed by atoms with van der Waals surface area (Å²) < 4.78 is 4.89. The zero-order chi connectivity index (χ0) is 12.4. The number of nitrogens with zero attached hydrogens (tertiary/aromatic N) is 4. The van der Waals surface area contributed by atoms with E-state index in [4.69, 9.17) is 0 Å². The van der Waals surface area contributed by atoms with E-state index >= 15 is 0 Å². The topological polar surface area (TPSA) is 63.6 Å². The molecule has 0 unspecified atom stereocenters. The third-order valence-electron chi connectivity index (χ3n) is 2.15. The summed E-state index contributed by atoms with van der Waals surface area (Å²) in [5.74, 6) is 0.666. The monoisotopic (exact) mass is 295 g/mol. The number of hydrogen-bond acceptors (Lipinski definition) is 8. The molecule has 92 valence electrons. The summed E-state index contributed by atoms with van der Waals surface area (Å²) in [7, 11) is 0. The Morgan fingerprint density at radius 3 is 3.11 bits per heavy atom. The second-order valence-corrected chi connectivity index (χ2v) is 6.24. The standard InChI is InChI=1S/C10H9N5S3/c1-2-11-9-14-7-6(3-4-16-7)8(15-9)17-10-12-5-13-18-10/h3-5H,2H2,1H3,(H,11,14,15). The molecule has 18 heavy (non-hydrogen) atoms. The first-order valence-corrected chi connectivity index (χ1v) is 7.77. The molecule has 0 atom stereocenters. The average Bonchev–Trinajstić information content (AvgIpc) is 2.99. The number of rotatable bonds is 4. The van der Waals surface area contributed by atoms with Crippen LogP contribution in [0, 0.1) is 0 Å². The van der Waals surface area contributed by atoms with Crippen molar-refractivity contribution in [1.29, 1.82) is 0 Å². The van der Waals surface area contributed by atoms with Crippen molar-refractivity contribution in [3.8, 4) is 0 Å². The van der Waals surface area contributed by atoms with Crippen LogP contribution in [-0.2, 0) is 0 Å². The average molecular weight is 295 g/mol. The molecule has 3 heterocycles. The summed E-state index contributed by atoms with van der Waals surface area (Å²) >= 11 is 4.52. The number of hydrogen-bond donors (Lipinski definition) is 1. The van der Waals surface area contributed by atoms with Crippen LogP contribution in [0.3, 0.4) is 0 Å². The van der Waals surface area contributed by atoms with Gasteiger partial charge in [0.2, 0.25) is 5.95 Å². The minimum atomic E-state index is 0.666. The fourth-order valence-electron chi connectivity index (χ4n) is 1.43. The van der Waals surface area contributed by atoms with E-state index in [0.29, 0.717) is 5.95 Å². The number of thiophene rings is 1. The Morgan fingerprint density at radius 2 is 2.33 bits per heavy atom. The Balaban J connectivity index is 2.04. The molecule has 0 fully saturated rings. The first-order valence-electron chi connectivity index (χ1n) is 5.30. The molecule has 3 rings (SSSR count). The van der Waals surface area contributed by atoms with Gasteiger partial charge in [-0.1, -0.05) is 0 Å². The van der Waals surface area contributed by atoms with Crippen LogP contribution >= 0.6 is 34.6 Å². The van der Waals surface area contributed by atoms with Crippen LogP contribution in [0.25, 0.3) is 10.2 Å². The normalized spacial score (nSPS) is 10.9. The first-order chi connectivity index (χ1) is 8.86. The van der Waals surface area contributed by atoms with Crippen LogP contribution in [0.1, 0.15) is 6.92 Å². The Morgan fingerprint density at radius 1 is 1.39 bits per heavy atom. The van der Waals surface area contributed by atoms with Crippen LogP contribution in [0.4, 0.5) is 5.95 Å². The molecule has 0 saturated carbocycles. The van der Waals surface area contributed by atoms with Crippen molar-refractivity contribution < 1.29 is 0 Å². The predicted octanol–water partition coefficient (Wildman–Crippen LogP) is 3.13. The minimum absolute atomic E-state index is 0.666. The molecule has 5 nitrogen and oxygen atoms in total. The third-order valence-corrected chi connectivity index (χ3v) is 4.68. The van der Waals surface area contributed by atoms with E-state index in [-0.39, 0.29) is 0 Å². The maximum atomic E-state index is 4.52. The lowest BCUT2D eigenvalue weighted by atomic mass is 10.4. The highest BCUT2D eigenvalue weighted by Gasteiger charge is 2.11. The summed E-state index contributed by atoms with van der Waals surface area (Å²) in [5.41, 5.74) is 0. The van der Waals surface area contributed by atoms with Gasteiger partial charge < -0.3 is 5.32 Å². The van der Waals surface area contributed by atoms with Crippen molar-refractivity contribution >= 4 is 50.8 Å². The number of aromatic nitrogens is 4. The van der Waals surface area contributed by atoms with Crippen LogP contribution in [0.15, 0.2) is 27.1 Å². The summed E-state index contributed by atoms with van der Waals surface area (Å²) in [6.07, 6.45) is 1.56.